The van der Waals surface area contributed by atoms with E-state index >= 15 is 0 Å². The van der Waals surface area contributed by atoms with Gasteiger partial charge in [0.15, 0.2) is 5.58 Å². The average Bonchev–Trinajstić information content (AvgIpc) is 3.27. The van der Waals surface area contributed by atoms with Crippen LogP contribution in [0, 0.1) is 0 Å². The number of carbonyl (C=O) groups is 1. The molecule has 0 aliphatic carbocycles. The molecule has 1 aliphatic rings. The van der Waals surface area contributed by atoms with E-state index in [2.05, 4.69) is 15.3 Å². The molecule has 0 spiro atoms. The lowest BCUT2D eigenvalue weighted by molar-refractivity contribution is -0.137. The van der Waals surface area contributed by atoms with Crippen molar-refractivity contribution >= 4 is 34.3 Å². The highest BCUT2D eigenvalue weighted by Crippen LogP contribution is 2.31. The molecule has 3 heterocycles. The van der Waals surface area contributed by atoms with E-state index in [-0.39, 0.29) is 24.3 Å². The highest BCUT2D eigenvalue weighted by Gasteiger charge is 2.32. The second-order valence-electron chi connectivity index (χ2n) is 6.83. The molecule has 4 rings (SSSR count). The Morgan fingerprint density at radius 2 is 2.14 bits per heavy atom. The van der Waals surface area contributed by atoms with Crippen LogP contribution in [0.2, 0.25) is 5.02 Å². The Balaban J connectivity index is 1.36. The predicted octanol–water partition coefficient (Wildman–Crippen LogP) is 3.83. The van der Waals surface area contributed by atoms with Crippen LogP contribution in [0.15, 0.2) is 41.1 Å². The van der Waals surface area contributed by atoms with Crippen LogP contribution in [0.5, 0.6) is 0 Å². The molecule has 6 nitrogen and oxygen atoms in total. The van der Waals surface area contributed by atoms with Crippen LogP contribution in [0.25, 0.3) is 11.1 Å². The van der Waals surface area contributed by atoms with Gasteiger partial charge in [-0.2, -0.15) is 13.2 Å². The topological polar surface area (TPSA) is 71.3 Å². The number of alkyl halides is 3. The summed E-state index contributed by atoms with van der Waals surface area (Å²) < 4.78 is 44.2. The van der Waals surface area contributed by atoms with Crippen LogP contribution in [0.3, 0.4) is 0 Å². The first-order valence-electron chi connectivity index (χ1n) is 8.89. The van der Waals surface area contributed by atoms with Crippen molar-refractivity contribution in [2.24, 2.45) is 0 Å². The van der Waals surface area contributed by atoms with E-state index in [0.29, 0.717) is 41.3 Å². The number of carbonyl (C=O) groups excluding carboxylic acids is 1. The van der Waals surface area contributed by atoms with Crippen LogP contribution >= 0.6 is 11.6 Å². The quantitative estimate of drug-likeness (QED) is 0.689. The summed E-state index contributed by atoms with van der Waals surface area (Å²) in [6.45, 7) is 0.924. The molecule has 0 saturated carbocycles. The molecular weight excluding hydrogens is 409 g/mol. The summed E-state index contributed by atoms with van der Waals surface area (Å²) in [5, 5.41) is 3.39. The van der Waals surface area contributed by atoms with Gasteiger partial charge >= 0.3 is 6.18 Å². The first-order chi connectivity index (χ1) is 13.8. The summed E-state index contributed by atoms with van der Waals surface area (Å²) >= 11 is 5.91. The summed E-state index contributed by atoms with van der Waals surface area (Å²) in [7, 11) is 0. The van der Waals surface area contributed by atoms with Crippen LogP contribution in [0.4, 0.5) is 18.9 Å². The second-order valence-corrected chi connectivity index (χ2v) is 7.26. The van der Waals surface area contributed by atoms with Crippen molar-refractivity contribution in [2.75, 3.05) is 18.0 Å². The molecule has 1 N–H and O–H groups in total. The highest BCUT2D eigenvalue weighted by atomic mass is 35.5. The third-order valence-electron chi connectivity index (χ3n) is 4.68. The van der Waals surface area contributed by atoms with Gasteiger partial charge in [0.25, 0.3) is 0 Å². The molecule has 3 aromatic rings. The Hall–Kier alpha value is -2.81. The Labute approximate surface area is 168 Å². The van der Waals surface area contributed by atoms with Gasteiger partial charge in [0.1, 0.15) is 11.9 Å². The van der Waals surface area contributed by atoms with Gasteiger partial charge in [0, 0.05) is 36.4 Å². The lowest BCUT2D eigenvalue weighted by Gasteiger charge is -2.19. The Bertz CT molecular complexity index is 1050. The molecule has 1 unspecified atom stereocenters. The number of halogens is 4. The molecular formula is C19H16ClF3N4O2. The second kappa shape index (κ2) is 7.55. The molecule has 1 saturated heterocycles. The number of anilines is 1. The Morgan fingerprint density at radius 1 is 1.31 bits per heavy atom. The molecule has 0 radical (unpaired) electrons. The van der Waals surface area contributed by atoms with Gasteiger partial charge in [-0.1, -0.05) is 11.6 Å². The molecule has 2 aromatic heterocycles. The minimum absolute atomic E-state index is 0.0338. The first kappa shape index (κ1) is 19.5. The number of pyridine rings is 1. The SMILES string of the molecule is O=C(Cc1nc2ccc(Cl)cc2o1)NC1CCN(c2cncc(C(F)(F)F)c2)C1. The van der Waals surface area contributed by atoms with Crippen molar-refractivity contribution in [3.05, 3.63) is 53.1 Å². The molecule has 1 atom stereocenters. The summed E-state index contributed by atoms with van der Waals surface area (Å²) in [6.07, 6.45) is -1.67. The fourth-order valence-electron chi connectivity index (χ4n) is 3.31. The lowest BCUT2D eigenvalue weighted by Crippen LogP contribution is -2.38. The molecule has 152 valence electrons. The van der Waals surface area contributed by atoms with E-state index in [0.717, 1.165) is 12.3 Å². The van der Waals surface area contributed by atoms with E-state index in [1.165, 1.54) is 6.20 Å². The molecule has 0 bridgehead atoms. The number of fused-ring (bicyclic) bond motifs is 1. The van der Waals surface area contributed by atoms with Crippen molar-refractivity contribution < 1.29 is 22.4 Å². The van der Waals surface area contributed by atoms with Gasteiger partial charge in [-0.3, -0.25) is 9.78 Å². The Kier molecular flexibility index (Phi) is 5.08. The van der Waals surface area contributed by atoms with Crippen LogP contribution < -0.4 is 10.2 Å². The zero-order valence-corrected chi connectivity index (χ0v) is 15.8. The molecule has 10 heteroatoms. The Morgan fingerprint density at radius 3 is 2.93 bits per heavy atom. The van der Waals surface area contributed by atoms with Crippen molar-refractivity contribution in [2.45, 2.75) is 25.1 Å². The number of oxazole rings is 1. The van der Waals surface area contributed by atoms with Gasteiger partial charge in [0.2, 0.25) is 11.8 Å². The van der Waals surface area contributed by atoms with Gasteiger partial charge in [0.05, 0.1) is 17.4 Å². The van der Waals surface area contributed by atoms with Crippen LogP contribution in [-0.2, 0) is 17.4 Å². The number of benzene rings is 1. The minimum atomic E-state index is -4.44. The third-order valence-corrected chi connectivity index (χ3v) is 4.91. The number of nitrogens with one attached hydrogen (secondary N) is 1. The van der Waals surface area contributed by atoms with Crippen molar-refractivity contribution in [1.82, 2.24) is 15.3 Å². The molecule has 1 amide bonds. The zero-order valence-electron chi connectivity index (χ0n) is 15.0. The molecule has 29 heavy (non-hydrogen) atoms. The predicted molar refractivity (Wildman–Crippen MR) is 101 cm³/mol. The van der Waals surface area contributed by atoms with Crippen molar-refractivity contribution in [3.63, 3.8) is 0 Å². The summed E-state index contributed by atoms with van der Waals surface area (Å²) in [5.41, 5.74) is 0.705. The average molecular weight is 425 g/mol. The highest BCUT2D eigenvalue weighted by molar-refractivity contribution is 6.31. The maximum Gasteiger partial charge on any atom is 0.417 e. The smallest absolute Gasteiger partial charge is 0.417 e. The van der Waals surface area contributed by atoms with E-state index in [1.54, 1.807) is 23.1 Å². The molecule has 1 fully saturated rings. The fourth-order valence-corrected chi connectivity index (χ4v) is 3.47. The number of hydrogen-bond acceptors (Lipinski definition) is 5. The van der Waals surface area contributed by atoms with Gasteiger partial charge in [-0.25, -0.2) is 4.98 Å². The molecule has 1 aliphatic heterocycles. The number of amides is 1. The monoisotopic (exact) mass is 424 g/mol. The first-order valence-corrected chi connectivity index (χ1v) is 9.27. The lowest BCUT2D eigenvalue weighted by atomic mass is 10.2. The van der Waals surface area contributed by atoms with Gasteiger partial charge in [-0.15, -0.1) is 0 Å². The largest absolute Gasteiger partial charge is 0.440 e. The number of aromatic nitrogens is 2. The maximum absolute atomic E-state index is 12.9. The van der Waals surface area contributed by atoms with Crippen LogP contribution in [-0.4, -0.2) is 35.0 Å². The fraction of sp³-hybridized carbons (Fsp3) is 0.316. The summed E-state index contributed by atoms with van der Waals surface area (Å²) in [5.74, 6) is 0.00775. The van der Waals surface area contributed by atoms with Crippen molar-refractivity contribution in [3.8, 4) is 0 Å². The third kappa shape index (κ3) is 4.45. The summed E-state index contributed by atoms with van der Waals surface area (Å²) in [4.78, 5) is 22.0. The number of hydrogen-bond donors (Lipinski definition) is 1. The van der Waals surface area contributed by atoms with E-state index in [9.17, 15) is 18.0 Å². The number of nitrogens with zero attached hydrogens (tertiary/aromatic N) is 3. The molecule has 1 aromatic carbocycles. The van der Waals surface area contributed by atoms with Gasteiger partial charge < -0.3 is 14.6 Å². The van der Waals surface area contributed by atoms with Crippen LogP contribution in [0.1, 0.15) is 17.9 Å². The zero-order chi connectivity index (χ0) is 20.6. The van der Waals surface area contributed by atoms with E-state index in [1.807, 2.05) is 0 Å². The van der Waals surface area contributed by atoms with Crippen molar-refractivity contribution in [1.29, 1.82) is 0 Å². The van der Waals surface area contributed by atoms with Gasteiger partial charge in [-0.05, 0) is 24.6 Å². The maximum atomic E-state index is 12.9. The van der Waals surface area contributed by atoms with E-state index in [4.69, 9.17) is 16.0 Å². The summed E-state index contributed by atoms with van der Waals surface area (Å²) in [6, 6.07) is 5.91. The standard InChI is InChI=1S/C19H16ClF3N4O2/c20-12-1-2-15-16(6-12)29-18(26-15)7-17(28)25-13-3-4-27(10-13)14-5-11(8-24-9-14)19(21,22)23/h1-2,5-6,8-9,13H,3-4,7,10H2,(H,25,28). The minimum Gasteiger partial charge on any atom is -0.440 e. The van der Waals surface area contributed by atoms with E-state index < -0.39 is 11.7 Å². The normalized spacial score (nSPS) is 17.1. The number of rotatable bonds is 4.